The fourth-order valence-electron chi connectivity index (χ4n) is 3.25. The number of hydrogen-bond acceptors (Lipinski definition) is 4. The first kappa shape index (κ1) is 20.6. The van der Waals surface area contributed by atoms with E-state index < -0.39 is 24.5 Å². The third kappa shape index (κ3) is 5.08. The number of rotatable bonds is 6. The summed E-state index contributed by atoms with van der Waals surface area (Å²) in [6.07, 6.45) is 0. The third-order valence-corrected chi connectivity index (χ3v) is 5.04. The molecule has 1 aromatic heterocycles. The molecule has 6 heteroatoms. The standard InChI is InChI=1S/C25H19ClN2O3/c26-20-13-10-19(11-14-20)24(18-7-2-1-3-8-18)28-23(29)16-31-25(30)22-15-12-17-6-4-5-9-21(17)27-22/h1-15,24H,16H2,(H,28,29). The molecule has 1 N–H and O–H groups in total. The molecule has 4 rings (SSSR count). The quantitative estimate of drug-likeness (QED) is 0.439. The van der Waals surface area contributed by atoms with E-state index in [-0.39, 0.29) is 5.69 Å². The summed E-state index contributed by atoms with van der Waals surface area (Å²) in [6, 6.07) is 27.2. The van der Waals surface area contributed by atoms with Gasteiger partial charge in [0, 0.05) is 10.4 Å². The number of para-hydroxylation sites is 1. The lowest BCUT2D eigenvalue weighted by Crippen LogP contribution is -2.33. The molecule has 5 nitrogen and oxygen atoms in total. The smallest absolute Gasteiger partial charge is 0.357 e. The number of nitrogens with one attached hydrogen (secondary N) is 1. The third-order valence-electron chi connectivity index (χ3n) is 4.78. The Hall–Kier alpha value is -3.70. The van der Waals surface area contributed by atoms with Crippen molar-refractivity contribution in [3.8, 4) is 0 Å². The zero-order valence-electron chi connectivity index (χ0n) is 16.5. The van der Waals surface area contributed by atoms with Gasteiger partial charge in [-0.2, -0.15) is 0 Å². The van der Waals surface area contributed by atoms with Crippen molar-refractivity contribution in [1.82, 2.24) is 10.3 Å². The van der Waals surface area contributed by atoms with E-state index in [1.54, 1.807) is 24.3 Å². The molecule has 1 amide bonds. The van der Waals surface area contributed by atoms with Crippen LogP contribution in [0.5, 0.6) is 0 Å². The van der Waals surface area contributed by atoms with Crippen LogP contribution in [0.1, 0.15) is 27.7 Å². The molecule has 31 heavy (non-hydrogen) atoms. The Labute approximate surface area is 184 Å². The maximum atomic E-state index is 12.6. The number of pyridine rings is 1. The highest BCUT2D eigenvalue weighted by Crippen LogP contribution is 2.23. The normalized spacial score (nSPS) is 11.6. The van der Waals surface area contributed by atoms with Gasteiger partial charge in [0.1, 0.15) is 5.69 Å². The minimum absolute atomic E-state index is 0.156. The summed E-state index contributed by atoms with van der Waals surface area (Å²) in [5.74, 6) is -1.07. The number of amides is 1. The average molecular weight is 431 g/mol. The number of ether oxygens (including phenoxy) is 1. The zero-order valence-corrected chi connectivity index (χ0v) is 17.3. The van der Waals surface area contributed by atoms with E-state index in [9.17, 15) is 9.59 Å². The second-order valence-electron chi connectivity index (χ2n) is 6.93. The first-order valence-electron chi connectivity index (χ1n) is 9.73. The Morgan fingerprint density at radius 2 is 1.52 bits per heavy atom. The molecule has 154 valence electrons. The molecule has 0 saturated carbocycles. The largest absolute Gasteiger partial charge is 0.451 e. The van der Waals surface area contributed by atoms with E-state index in [0.717, 1.165) is 16.5 Å². The van der Waals surface area contributed by atoms with Crippen LogP contribution in [0.4, 0.5) is 0 Å². The van der Waals surface area contributed by atoms with Gasteiger partial charge in [-0.25, -0.2) is 9.78 Å². The molecular weight excluding hydrogens is 412 g/mol. The molecule has 1 heterocycles. The van der Waals surface area contributed by atoms with Crippen LogP contribution in [-0.4, -0.2) is 23.5 Å². The maximum Gasteiger partial charge on any atom is 0.357 e. The van der Waals surface area contributed by atoms with Crippen LogP contribution in [0.25, 0.3) is 10.9 Å². The number of fused-ring (bicyclic) bond motifs is 1. The number of carbonyl (C=O) groups is 2. The van der Waals surface area contributed by atoms with Gasteiger partial charge in [-0.3, -0.25) is 4.79 Å². The molecule has 0 aliphatic carbocycles. The van der Waals surface area contributed by atoms with Gasteiger partial charge in [0.05, 0.1) is 11.6 Å². The fraction of sp³-hybridized carbons (Fsp3) is 0.0800. The van der Waals surface area contributed by atoms with Gasteiger partial charge in [-0.15, -0.1) is 0 Å². The number of carbonyl (C=O) groups excluding carboxylic acids is 2. The molecule has 4 aromatic rings. The Balaban J connectivity index is 1.44. The number of halogens is 1. The Bertz CT molecular complexity index is 1210. The molecule has 0 bridgehead atoms. The predicted octanol–water partition coefficient (Wildman–Crippen LogP) is 4.95. The zero-order chi connectivity index (χ0) is 21.6. The van der Waals surface area contributed by atoms with Crippen molar-refractivity contribution in [2.75, 3.05) is 6.61 Å². The topological polar surface area (TPSA) is 68.3 Å². The lowest BCUT2D eigenvalue weighted by molar-refractivity contribution is -0.124. The van der Waals surface area contributed by atoms with Crippen LogP contribution in [-0.2, 0) is 9.53 Å². The molecule has 0 aliphatic heterocycles. The van der Waals surface area contributed by atoms with Crippen LogP contribution < -0.4 is 5.32 Å². The van der Waals surface area contributed by atoms with Crippen LogP contribution >= 0.6 is 11.6 Å². The number of aromatic nitrogens is 1. The average Bonchev–Trinajstić information content (AvgIpc) is 2.82. The summed E-state index contributed by atoms with van der Waals surface area (Å²) in [7, 11) is 0. The summed E-state index contributed by atoms with van der Waals surface area (Å²) < 4.78 is 5.20. The highest BCUT2D eigenvalue weighted by Gasteiger charge is 2.18. The molecular formula is C25H19ClN2O3. The SMILES string of the molecule is O=C(COC(=O)c1ccc2ccccc2n1)NC(c1ccccc1)c1ccc(Cl)cc1. The van der Waals surface area contributed by atoms with E-state index >= 15 is 0 Å². The first-order chi connectivity index (χ1) is 15.1. The van der Waals surface area contributed by atoms with E-state index in [4.69, 9.17) is 16.3 Å². The molecule has 1 unspecified atom stereocenters. The highest BCUT2D eigenvalue weighted by atomic mass is 35.5. The van der Waals surface area contributed by atoms with Crippen LogP contribution in [0.3, 0.4) is 0 Å². The molecule has 0 spiro atoms. The summed E-state index contributed by atoms with van der Waals surface area (Å²) in [4.78, 5) is 29.3. The summed E-state index contributed by atoms with van der Waals surface area (Å²) in [5, 5.41) is 4.46. The lowest BCUT2D eigenvalue weighted by Gasteiger charge is -2.20. The minimum Gasteiger partial charge on any atom is -0.451 e. The number of benzene rings is 3. The van der Waals surface area contributed by atoms with E-state index in [1.807, 2.05) is 66.7 Å². The molecule has 1 atom stereocenters. The van der Waals surface area contributed by atoms with Crippen molar-refractivity contribution >= 4 is 34.4 Å². The molecule has 0 fully saturated rings. The van der Waals surface area contributed by atoms with Crippen molar-refractivity contribution in [1.29, 1.82) is 0 Å². The van der Waals surface area contributed by atoms with Crippen LogP contribution in [0.15, 0.2) is 91.0 Å². The number of nitrogens with zero attached hydrogens (tertiary/aromatic N) is 1. The molecule has 0 aliphatic rings. The van der Waals surface area contributed by atoms with Gasteiger partial charge in [0.25, 0.3) is 5.91 Å². The summed E-state index contributed by atoms with van der Waals surface area (Å²) in [5.41, 5.74) is 2.62. The number of esters is 1. The second-order valence-corrected chi connectivity index (χ2v) is 7.36. The number of hydrogen-bond donors (Lipinski definition) is 1. The summed E-state index contributed by atoms with van der Waals surface area (Å²) in [6.45, 7) is -0.412. The Morgan fingerprint density at radius 3 is 2.29 bits per heavy atom. The van der Waals surface area contributed by atoms with Crippen molar-refractivity contribution in [2.45, 2.75) is 6.04 Å². The van der Waals surface area contributed by atoms with Gasteiger partial charge in [0.15, 0.2) is 6.61 Å². The minimum atomic E-state index is -0.649. The lowest BCUT2D eigenvalue weighted by atomic mass is 9.99. The predicted molar refractivity (Wildman–Crippen MR) is 120 cm³/mol. The van der Waals surface area contributed by atoms with Gasteiger partial charge < -0.3 is 10.1 Å². The van der Waals surface area contributed by atoms with E-state index in [2.05, 4.69) is 10.3 Å². The fourth-order valence-corrected chi connectivity index (χ4v) is 3.37. The van der Waals surface area contributed by atoms with Gasteiger partial charge in [-0.05, 0) is 35.4 Å². The van der Waals surface area contributed by atoms with E-state index in [0.29, 0.717) is 10.5 Å². The van der Waals surface area contributed by atoms with Gasteiger partial charge in [-0.1, -0.05) is 78.3 Å². The Morgan fingerprint density at radius 1 is 0.839 bits per heavy atom. The van der Waals surface area contributed by atoms with Crippen molar-refractivity contribution in [3.63, 3.8) is 0 Å². The van der Waals surface area contributed by atoms with Crippen molar-refractivity contribution in [2.24, 2.45) is 0 Å². The monoisotopic (exact) mass is 430 g/mol. The molecule has 0 saturated heterocycles. The molecule has 0 radical (unpaired) electrons. The van der Waals surface area contributed by atoms with Crippen molar-refractivity contribution in [3.05, 3.63) is 113 Å². The maximum absolute atomic E-state index is 12.6. The Kier molecular flexibility index (Phi) is 6.24. The van der Waals surface area contributed by atoms with Crippen molar-refractivity contribution < 1.29 is 14.3 Å². The van der Waals surface area contributed by atoms with Crippen LogP contribution in [0, 0.1) is 0 Å². The molecule has 3 aromatic carbocycles. The highest BCUT2D eigenvalue weighted by molar-refractivity contribution is 6.30. The van der Waals surface area contributed by atoms with Gasteiger partial charge in [0.2, 0.25) is 0 Å². The summed E-state index contributed by atoms with van der Waals surface area (Å²) >= 11 is 6.00. The van der Waals surface area contributed by atoms with Crippen LogP contribution in [0.2, 0.25) is 5.02 Å². The second kappa shape index (κ2) is 9.41. The van der Waals surface area contributed by atoms with E-state index in [1.165, 1.54) is 0 Å². The van der Waals surface area contributed by atoms with Gasteiger partial charge >= 0.3 is 5.97 Å². The first-order valence-corrected chi connectivity index (χ1v) is 10.1.